The van der Waals surface area contributed by atoms with Gasteiger partial charge in [-0.05, 0) is 41.6 Å². The second-order valence-electron chi connectivity index (χ2n) is 4.15. The largest absolute Gasteiger partial charge is 0.525 e. The summed E-state index contributed by atoms with van der Waals surface area (Å²) in [7, 11) is 0. The summed E-state index contributed by atoms with van der Waals surface area (Å²) in [5.74, 6) is 1.77. The second-order valence-corrected chi connectivity index (χ2v) is 4.15. The van der Waals surface area contributed by atoms with Crippen LogP contribution in [0.25, 0.3) is 10.8 Å². The van der Waals surface area contributed by atoms with Crippen LogP contribution in [0, 0.1) is 11.7 Å². The number of fused-ring (bicyclic) bond motifs is 1. The molecule has 0 aromatic heterocycles. The Labute approximate surface area is 111 Å². The summed E-state index contributed by atoms with van der Waals surface area (Å²) < 4.78 is 18.6. The van der Waals surface area contributed by atoms with Crippen molar-refractivity contribution in [3.05, 3.63) is 48.1 Å². The zero-order chi connectivity index (χ0) is 11.5. The molecule has 0 aliphatic heterocycles. The van der Waals surface area contributed by atoms with Crippen LogP contribution < -0.4 is 4.74 Å². The molecule has 0 aliphatic carbocycles. The van der Waals surface area contributed by atoms with E-state index < -0.39 is 0 Å². The first-order chi connectivity index (χ1) is 7.65. The summed E-state index contributed by atoms with van der Waals surface area (Å²) in [4.78, 5) is 0. The molecule has 1 radical (unpaired) electrons. The molecule has 0 amide bonds. The number of benzene rings is 2. The molecule has 93 valence electrons. The molecule has 0 N–H and O–H groups in total. The molecular weight excluding hydrogens is 262 g/mol. The topological polar surface area (TPSA) is 9.23 Å². The van der Waals surface area contributed by atoms with E-state index in [4.69, 9.17) is 4.74 Å². The van der Waals surface area contributed by atoms with E-state index in [1.807, 2.05) is 32.0 Å². The molecule has 0 saturated carbocycles. The van der Waals surface area contributed by atoms with Crippen LogP contribution in [0.5, 0.6) is 5.75 Å². The molecule has 0 saturated heterocycles. The molecule has 2 aromatic rings. The van der Waals surface area contributed by atoms with Gasteiger partial charge in [-0.1, -0.05) is 12.1 Å². The molecule has 2 rings (SSSR count). The summed E-state index contributed by atoms with van der Waals surface area (Å²) in [6, 6.07) is 10.5. The summed E-state index contributed by atoms with van der Waals surface area (Å²) in [5, 5.41) is 1.89. The quantitative estimate of drug-likeness (QED) is 0.771. The van der Waals surface area contributed by atoms with E-state index in [2.05, 4.69) is 0 Å². The Hall–Kier alpha value is -1.06. The van der Waals surface area contributed by atoms with Crippen molar-refractivity contribution in [2.75, 3.05) is 6.61 Å². The normalized spacial score (nSPS) is 10.4. The monoisotopic (exact) mass is 276 g/mol. The van der Waals surface area contributed by atoms with Crippen LogP contribution in [0.1, 0.15) is 13.8 Å². The van der Waals surface area contributed by atoms with Crippen molar-refractivity contribution in [2.24, 2.45) is 0 Å². The fourth-order valence-electron chi connectivity index (χ4n) is 1.51. The van der Waals surface area contributed by atoms with E-state index in [0.717, 1.165) is 16.5 Å². The Morgan fingerprint density at radius 3 is 2.47 bits per heavy atom. The van der Waals surface area contributed by atoms with Gasteiger partial charge in [0.15, 0.2) is 0 Å². The van der Waals surface area contributed by atoms with Gasteiger partial charge in [-0.15, -0.1) is 0 Å². The molecule has 0 bridgehead atoms. The van der Waals surface area contributed by atoms with E-state index in [9.17, 15) is 4.39 Å². The molecular formula is C14H14CoFO-. The van der Waals surface area contributed by atoms with Gasteiger partial charge in [-0.3, -0.25) is 5.92 Å². The number of halogens is 1. The van der Waals surface area contributed by atoms with Gasteiger partial charge in [0.25, 0.3) is 0 Å². The number of hydrogen-bond donors (Lipinski definition) is 0. The van der Waals surface area contributed by atoms with Gasteiger partial charge in [0.1, 0.15) is 11.6 Å². The molecule has 2 aromatic carbocycles. The Balaban J connectivity index is 0.00000144. The van der Waals surface area contributed by atoms with E-state index in [0.29, 0.717) is 6.61 Å². The Bertz CT molecular complexity index is 497. The van der Waals surface area contributed by atoms with Crippen molar-refractivity contribution in [3.63, 3.8) is 0 Å². The fraction of sp³-hybridized carbons (Fsp3) is 0.214. The number of hydrogen-bond acceptors (Lipinski definition) is 1. The minimum Gasteiger partial charge on any atom is -0.525 e. The summed E-state index contributed by atoms with van der Waals surface area (Å²) >= 11 is 0. The minimum atomic E-state index is -0.220. The van der Waals surface area contributed by atoms with Gasteiger partial charge in [0, 0.05) is 16.8 Å². The van der Waals surface area contributed by atoms with Crippen LogP contribution in [0.2, 0.25) is 0 Å². The minimum absolute atomic E-state index is 0. The third-order valence-corrected chi connectivity index (χ3v) is 2.30. The maximum absolute atomic E-state index is 13.0. The van der Waals surface area contributed by atoms with Crippen LogP contribution >= 0.6 is 0 Å². The molecule has 0 fully saturated rings. The fourth-order valence-corrected chi connectivity index (χ4v) is 1.51. The first-order valence-corrected chi connectivity index (χ1v) is 5.26. The van der Waals surface area contributed by atoms with E-state index >= 15 is 0 Å². The average Bonchev–Trinajstić information content (AvgIpc) is 2.25. The Morgan fingerprint density at radius 2 is 1.76 bits per heavy atom. The third kappa shape index (κ3) is 3.72. The maximum atomic E-state index is 13.0. The predicted octanol–water partition coefficient (Wildman–Crippen LogP) is 3.97. The summed E-state index contributed by atoms with van der Waals surface area (Å²) in [6.45, 7) is 4.63. The Kier molecular flexibility index (Phi) is 4.96. The molecule has 0 aliphatic rings. The SMILES string of the molecule is C[C-](C)COc1ccc2ccc(F)cc2c1.[Co]. The summed E-state index contributed by atoms with van der Waals surface area (Å²) in [5.41, 5.74) is 0. The molecule has 0 unspecified atom stereocenters. The molecule has 1 nitrogen and oxygen atoms in total. The maximum Gasteiger partial charge on any atom is 0.123 e. The van der Waals surface area contributed by atoms with Crippen molar-refractivity contribution >= 4 is 10.8 Å². The third-order valence-electron chi connectivity index (χ3n) is 2.30. The van der Waals surface area contributed by atoms with Crippen LogP contribution in [-0.4, -0.2) is 6.61 Å². The van der Waals surface area contributed by atoms with Crippen molar-refractivity contribution in [2.45, 2.75) is 13.8 Å². The second kappa shape index (κ2) is 6.03. The van der Waals surface area contributed by atoms with Crippen LogP contribution in [0.15, 0.2) is 36.4 Å². The van der Waals surface area contributed by atoms with Crippen molar-refractivity contribution in [3.8, 4) is 5.75 Å². The first kappa shape index (κ1) is 14.0. The smallest absolute Gasteiger partial charge is 0.123 e. The molecule has 0 spiro atoms. The molecule has 0 heterocycles. The predicted molar refractivity (Wildman–Crippen MR) is 64.0 cm³/mol. The van der Waals surface area contributed by atoms with Crippen LogP contribution in [-0.2, 0) is 16.8 Å². The van der Waals surface area contributed by atoms with E-state index in [1.165, 1.54) is 18.1 Å². The Morgan fingerprint density at radius 1 is 1.06 bits per heavy atom. The van der Waals surface area contributed by atoms with E-state index in [1.54, 1.807) is 6.07 Å². The van der Waals surface area contributed by atoms with Crippen molar-refractivity contribution in [1.29, 1.82) is 0 Å². The first-order valence-electron chi connectivity index (χ1n) is 5.26. The summed E-state index contributed by atoms with van der Waals surface area (Å²) in [6.07, 6.45) is 0. The van der Waals surface area contributed by atoms with E-state index in [-0.39, 0.29) is 22.6 Å². The molecule has 0 atom stereocenters. The zero-order valence-electron chi connectivity index (χ0n) is 9.79. The average molecular weight is 276 g/mol. The number of rotatable bonds is 3. The van der Waals surface area contributed by atoms with Gasteiger partial charge in [-0.25, -0.2) is 4.39 Å². The van der Waals surface area contributed by atoms with Crippen molar-refractivity contribution < 1.29 is 25.9 Å². The molecule has 3 heteroatoms. The van der Waals surface area contributed by atoms with Gasteiger partial charge < -0.3 is 4.74 Å². The van der Waals surface area contributed by atoms with Crippen molar-refractivity contribution in [1.82, 2.24) is 0 Å². The zero-order valence-corrected chi connectivity index (χ0v) is 10.8. The van der Waals surface area contributed by atoms with Crippen LogP contribution in [0.3, 0.4) is 0 Å². The van der Waals surface area contributed by atoms with Crippen LogP contribution in [0.4, 0.5) is 4.39 Å². The molecule has 17 heavy (non-hydrogen) atoms. The standard InChI is InChI=1S/C14H14FO.Co/c1-10(2)9-16-14-6-4-11-3-5-13(15)7-12(11)8-14;/h3-8H,9H2,1-2H3;/q-1;. The number of ether oxygens (including phenoxy) is 1. The van der Waals surface area contributed by atoms with Gasteiger partial charge in [-0.2, -0.15) is 13.8 Å². The van der Waals surface area contributed by atoms with Gasteiger partial charge >= 0.3 is 0 Å². The van der Waals surface area contributed by atoms with Gasteiger partial charge in [0.05, 0.1) is 0 Å². The van der Waals surface area contributed by atoms with Gasteiger partial charge in [0.2, 0.25) is 0 Å².